The third-order valence-electron chi connectivity index (χ3n) is 3.63. The van der Waals surface area contributed by atoms with E-state index in [4.69, 9.17) is 11.6 Å². The maximum atomic E-state index is 12.2. The summed E-state index contributed by atoms with van der Waals surface area (Å²) in [6.45, 7) is 3.86. The summed E-state index contributed by atoms with van der Waals surface area (Å²) in [4.78, 5) is 12.1. The number of aryl methyl sites for hydroxylation is 1. The van der Waals surface area contributed by atoms with E-state index in [1.54, 1.807) is 18.2 Å². The number of hydrogen-bond donors (Lipinski definition) is 1. The number of benzene rings is 2. The van der Waals surface area contributed by atoms with Gasteiger partial charge in [0.2, 0.25) is 5.91 Å². The minimum absolute atomic E-state index is 0.109. The Bertz CT molecular complexity index is 831. The number of rotatable bonds is 5. The molecule has 0 saturated heterocycles. The Kier molecular flexibility index (Phi) is 5.44. The molecule has 0 aliphatic carbocycles. The van der Waals surface area contributed by atoms with Crippen LogP contribution in [0.3, 0.4) is 0 Å². The number of carbonyl (C=O) groups excluding carboxylic acids is 1. The molecule has 6 heteroatoms. The third-order valence-corrected chi connectivity index (χ3v) is 5.58. The lowest BCUT2D eigenvalue weighted by atomic mass is 10.1. The van der Waals surface area contributed by atoms with Crippen LogP contribution in [0, 0.1) is 13.8 Å². The smallest absolute Gasteiger partial charge is 0.225 e. The summed E-state index contributed by atoms with van der Waals surface area (Å²) in [5, 5.41) is 3.11. The summed E-state index contributed by atoms with van der Waals surface area (Å²) in [7, 11) is -3.53. The van der Waals surface area contributed by atoms with E-state index >= 15 is 0 Å². The van der Waals surface area contributed by atoms with Crippen molar-refractivity contribution in [1.82, 2.24) is 0 Å². The van der Waals surface area contributed by atoms with Crippen molar-refractivity contribution >= 4 is 33.0 Å². The quantitative estimate of drug-likeness (QED) is 0.892. The summed E-state index contributed by atoms with van der Waals surface area (Å²) in [6.07, 6.45) is -0.109. The lowest BCUT2D eigenvalue weighted by molar-refractivity contribution is -0.115. The minimum atomic E-state index is -3.53. The normalized spacial score (nSPS) is 11.3. The summed E-state index contributed by atoms with van der Waals surface area (Å²) < 4.78 is 24.4. The van der Waals surface area contributed by atoms with E-state index in [0.29, 0.717) is 10.7 Å². The molecule has 0 radical (unpaired) electrons. The summed E-state index contributed by atoms with van der Waals surface area (Å²) in [5.74, 6) is -0.589. The predicted octanol–water partition coefficient (Wildman–Crippen LogP) is 3.76. The zero-order valence-electron chi connectivity index (χ0n) is 13.0. The van der Waals surface area contributed by atoms with Gasteiger partial charge in [0.1, 0.15) is 0 Å². The van der Waals surface area contributed by atoms with Gasteiger partial charge in [-0.25, -0.2) is 8.42 Å². The van der Waals surface area contributed by atoms with Gasteiger partial charge < -0.3 is 5.32 Å². The molecule has 0 fully saturated rings. The Labute approximate surface area is 141 Å². The zero-order valence-corrected chi connectivity index (χ0v) is 14.5. The molecule has 4 nitrogen and oxygen atoms in total. The first-order valence-corrected chi connectivity index (χ1v) is 9.17. The second kappa shape index (κ2) is 7.15. The van der Waals surface area contributed by atoms with Crippen LogP contribution in [0.5, 0.6) is 0 Å². The number of sulfone groups is 1. The molecule has 0 unspecified atom stereocenters. The second-order valence-corrected chi connectivity index (χ2v) is 7.87. The van der Waals surface area contributed by atoms with Gasteiger partial charge in [-0.3, -0.25) is 4.79 Å². The van der Waals surface area contributed by atoms with E-state index in [2.05, 4.69) is 5.32 Å². The van der Waals surface area contributed by atoms with E-state index in [0.717, 1.165) is 11.1 Å². The monoisotopic (exact) mass is 351 g/mol. The first-order chi connectivity index (χ1) is 10.8. The summed E-state index contributed by atoms with van der Waals surface area (Å²) in [6, 6.07) is 11.6. The fraction of sp³-hybridized carbons (Fsp3) is 0.235. The fourth-order valence-corrected chi connectivity index (χ4v) is 3.64. The first kappa shape index (κ1) is 17.5. The molecule has 0 spiro atoms. The molecule has 2 aromatic rings. The Morgan fingerprint density at radius 1 is 1.13 bits per heavy atom. The van der Waals surface area contributed by atoms with E-state index in [-0.39, 0.29) is 23.0 Å². The SMILES string of the molecule is Cc1cccc(NC(=O)CCS(=O)(=O)c2cccc(Cl)c2)c1C. The van der Waals surface area contributed by atoms with Crippen molar-refractivity contribution in [1.29, 1.82) is 0 Å². The molecule has 23 heavy (non-hydrogen) atoms. The standard InChI is InChI=1S/C17H18ClNO3S/c1-12-5-3-8-16(13(12)2)19-17(20)9-10-23(21,22)15-7-4-6-14(18)11-15/h3-8,11H,9-10H2,1-2H3,(H,19,20). The Morgan fingerprint density at radius 3 is 2.52 bits per heavy atom. The van der Waals surface area contributed by atoms with Crippen LogP contribution in [-0.4, -0.2) is 20.1 Å². The molecular weight excluding hydrogens is 334 g/mol. The van der Waals surface area contributed by atoms with E-state index in [1.807, 2.05) is 26.0 Å². The average Bonchev–Trinajstić information content (AvgIpc) is 2.50. The third kappa shape index (κ3) is 4.56. The minimum Gasteiger partial charge on any atom is -0.326 e. The molecule has 0 saturated carbocycles. The molecule has 0 bridgehead atoms. The maximum absolute atomic E-state index is 12.2. The van der Waals surface area contributed by atoms with Gasteiger partial charge in [0.05, 0.1) is 10.6 Å². The van der Waals surface area contributed by atoms with Gasteiger partial charge in [-0.2, -0.15) is 0 Å². The van der Waals surface area contributed by atoms with E-state index in [1.165, 1.54) is 12.1 Å². The van der Waals surface area contributed by atoms with Crippen LogP contribution < -0.4 is 5.32 Å². The summed E-state index contributed by atoms with van der Waals surface area (Å²) >= 11 is 5.81. The molecule has 0 aliphatic heterocycles. The van der Waals surface area contributed by atoms with Crippen LogP contribution in [0.25, 0.3) is 0 Å². The lowest BCUT2D eigenvalue weighted by Gasteiger charge is -2.10. The van der Waals surface area contributed by atoms with Crippen molar-refractivity contribution in [3.63, 3.8) is 0 Å². The van der Waals surface area contributed by atoms with Crippen LogP contribution in [0.15, 0.2) is 47.4 Å². The summed E-state index contributed by atoms with van der Waals surface area (Å²) in [5.41, 5.74) is 2.74. The molecule has 0 heterocycles. The van der Waals surface area contributed by atoms with Crippen molar-refractivity contribution < 1.29 is 13.2 Å². The highest BCUT2D eigenvalue weighted by molar-refractivity contribution is 7.91. The molecule has 0 atom stereocenters. The average molecular weight is 352 g/mol. The van der Waals surface area contributed by atoms with Crippen molar-refractivity contribution in [3.05, 3.63) is 58.6 Å². The molecular formula is C17H18ClNO3S. The van der Waals surface area contributed by atoms with Crippen molar-refractivity contribution in [3.8, 4) is 0 Å². The number of halogens is 1. The van der Waals surface area contributed by atoms with Gasteiger partial charge in [-0.1, -0.05) is 29.8 Å². The van der Waals surface area contributed by atoms with Crippen LogP contribution in [0.2, 0.25) is 5.02 Å². The molecule has 0 aromatic heterocycles. The van der Waals surface area contributed by atoms with Crippen LogP contribution in [0.1, 0.15) is 17.5 Å². The number of carbonyl (C=O) groups is 1. The molecule has 1 amide bonds. The van der Waals surface area contributed by atoms with E-state index < -0.39 is 9.84 Å². The fourth-order valence-electron chi connectivity index (χ4n) is 2.10. The van der Waals surface area contributed by atoms with Crippen LogP contribution in [0.4, 0.5) is 5.69 Å². The van der Waals surface area contributed by atoms with Crippen LogP contribution >= 0.6 is 11.6 Å². The number of hydrogen-bond acceptors (Lipinski definition) is 3. The highest BCUT2D eigenvalue weighted by Crippen LogP contribution is 2.19. The molecule has 2 aromatic carbocycles. The number of amides is 1. The largest absolute Gasteiger partial charge is 0.326 e. The Hall–Kier alpha value is -1.85. The first-order valence-electron chi connectivity index (χ1n) is 7.14. The van der Waals surface area contributed by atoms with Gasteiger partial charge in [-0.15, -0.1) is 0 Å². The Balaban J connectivity index is 2.03. The molecule has 0 aliphatic rings. The van der Waals surface area contributed by atoms with Crippen LogP contribution in [-0.2, 0) is 14.6 Å². The van der Waals surface area contributed by atoms with Gasteiger partial charge in [0.15, 0.2) is 9.84 Å². The number of anilines is 1. The maximum Gasteiger partial charge on any atom is 0.225 e. The highest BCUT2D eigenvalue weighted by Gasteiger charge is 2.17. The molecule has 1 N–H and O–H groups in total. The second-order valence-electron chi connectivity index (χ2n) is 5.32. The van der Waals surface area contributed by atoms with Crippen molar-refractivity contribution in [2.75, 3.05) is 11.1 Å². The topological polar surface area (TPSA) is 63.2 Å². The van der Waals surface area contributed by atoms with Gasteiger partial charge in [0, 0.05) is 17.1 Å². The van der Waals surface area contributed by atoms with Gasteiger partial charge >= 0.3 is 0 Å². The Morgan fingerprint density at radius 2 is 1.83 bits per heavy atom. The van der Waals surface area contributed by atoms with Crippen molar-refractivity contribution in [2.45, 2.75) is 25.2 Å². The lowest BCUT2D eigenvalue weighted by Crippen LogP contribution is -2.18. The van der Waals surface area contributed by atoms with Gasteiger partial charge in [0.25, 0.3) is 0 Å². The molecule has 122 valence electrons. The zero-order chi connectivity index (χ0) is 17.0. The van der Waals surface area contributed by atoms with E-state index in [9.17, 15) is 13.2 Å². The predicted molar refractivity (Wildman–Crippen MR) is 92.7 cm³/mol. The molecule has 2 rings (SSSR count). The number of nitrogens with one attached hydrogen (secondary N) is 1. The van der Waals surface area contributed by atoms with Crippen molar-refractivity contribution in [2.24, 2.45) is 0 Å². The van der Waals surface area contributed by atoms with Gasteiger partial charge in [-0.05, 0) is 49.2 Å². The highest BCUT2D eigenvalue weighted by atomic mass is 35.5.